The lowest BCUT2D eigenvalue weighted by molar-refractivity contribution is 0.0612. The second kappa shape index (κ2) is 5.37. The lowest BCUT2D eigenvalue weighted by atomic mass is 10.0. The van der Waals surface area contributed by atoms with Gasteiger partial charge in [0.2, 0.25) is 0 Å². The van der Waals surface area contributed by atoms with Gasteiger partial charge in [-0.05, 0) is 40.2 Å². The fourth-order valence-corrected chi connectivity index (χ4v) is 3.29. The number of hydrogen-bond acceptors (Lipinski definition) is 4. The van der Waals surface area contributed by atoms with E-state index < -0.39 is 5.60 Å². The molecule has 1 aromatic rings. The summed E-state index contributed by atoms with van der Waals surface area (Å²) in [6.45, 7) is 0.304. The number of carbonyl (C=O) groups excluding carboxylic acids is 1. The Morgan fingerprint density at radius 1 is 1.71 bits per heavy atom. The Morgan fingerprint density at radius 3 is 3.18 bits per heavy atom. The van der Waals surface area contributed by atoms with Gasteiger partial charge >= 0.3 is 0 Å². The van der Waals surface area contributed by atoms with Gasteiger partial charge in [0.25, 0.3) is 5.91 Å². The van der Waals surface area contributed by atoms with Crippen molar-refractivity contribution < 1.29 is 9.90 Å². The van der Waals surface area contributed by atoms with Crippen molar-refractivity contribution in [1.29, 1.82) is 0 Å². The lowest BCUT2D eigenvalue weighted by Crippen LogP contribution is -2.42. The van der Waals surface area contributed by atoms with Crippen molar-refractivity contribution in [2.45, 2.75) is 12.0 Å². The predicted octanol–water partition coefficient (Wildman–Crippen LogP) is 1.44. The summed E-state index contributed by atoms with van der Waals surface area (Å²) in [6, 6.07) is 3.30. The van der Waals surface area contributed by atoms with E-state index in [2.05, 4.69) is 26.2 Å². The quantitative estimate of drug-likeness (QED) is 0.828. The van der Waals surface area contributed by atoms with Crippen LogP contribution in [0.25, 0.3) is 0 Å². The van der Waals surface area contributed by atoms with E-state index in [9.17, 15) is 9.90 Å². The molecule has 0 radical (unpaired) electrons. The summed E-state index contributed by atoms with van der Waals surface area (Å²) in [4.78, 5) is 15.8. The summed E-state index contributed by atoms with van der Waals surface area (Å²) in [6.07, 6.45) is 2.30. The number of rotatable bonds is 3. The summed E-state index contributed by atoms with van der Waals surface area (Å²) >= 11 is 4.93. The highest BCUT2D eigenvalue weighted by Gasteiger charge is 2.31. The second-order valence-electron chi connectivity index (χ2n) is 4.08. The number of amides is 1. The number of carbonyl (C=O) groups is 1. The van der Waals surface area contributed by atoms with Gasteiger partial charge in [0.05, 0.1) is 5.60 Å². The zero-order valence-electron chi connectivity index (χ0n) is 9.15. The van der Waals surface area contributed by atoms with E-state index in [1.165, 1.54) is 0 Å². The molecule has 17 heavy (non-hydrogen) atoms. The number of hydrogen-bond donors (Lipinski definition) is 2. The van der Waals surface area contributed by atoms with Crippen LogP contribution in [0, 0.1) is 0 Å². The molecule has 0 aliphatic carbocycles. The van der Waals surface area contributed by atoms with E-state index in [1.54, 1.807) is 30.1 Å². The third kappa shape index (κ3) is 3.43. The molecule has 4 nitrogen and oxygen atoms in total. The fourth-order valence-electron chi connectivity index (χ4n) is 1.63. The average Bonchev–Trinajstić information content (AvgIpc) is 2.74. The summed E-state index contributed by atoms with van der Waals surface area (Å²) in [5.41, 5.74) is -0.203. The monoisotopic (exact) mass is 316 g/mol. The molecular weight excluding hydrogens is 304 g/mol. The van der Waals surface area contributed by atoms with Crippen molar-refractivity contribution in [3.05, 3.63) is 28.5 Å². The molecule has 1 saturated heterocycles. The van der Waals surface area contributed by atoms with Crippen LogP contribution in [0.4, 0.5) is 0 Å². The van der Waals surface area contributed by atoms with E-state index in [4.69, 9.17) is 0 Å². The topological polar surface area (TPSA) is 62.2 Å². The molecule has 0 aromatic carbocycles. The minimum absolute atomic E-state index is 0.182. The summed E-state index contributed by atoms with van der Waals surface area (Å²) in [5, 5.41) is 12.8. The number of nitrogens with zero attached hydrogens (tertiary/aromatic N) is 1. The average molecular weight is 317 g/mol. The number of nitrogens with one attached hydrogen (secondary N) is 1. The first kappa shape index (κ1) is 12.9. The molecule has 1 amide bonds. The molecule has 1 unspecified atom stereocenters. The highest BCUT2D eigenvalue weighted by atomic mass is 79.9. The molecule has 6 heteroatoms. The van der Waals surface area contributed by atoms with Crippen LogP contribution in [-0.2, 0) is 0 Å². The van der Waals surface area contributed by atoms with Crippen LogP contribution in [0.15, 0.2) is 22.9 Å². The molecule has 1 fully saturated rings. The van der Waals surface area contributed by atoms with Crippen LogP contribution in [0.5, 0.6) is 0 Å². The largest absolute Gasteiger partial charge is 0.387 e. The molecule has 0 spiro atoms. The minimum Gasteiger partial charge on any atom is -0.387 e. The second-order valence-corrected chi connectivity index (χ2v) is 5.99. The first-order chi connectivity index (χ1) is 8.09. The molecule has 2 rings (SSSR count). The van der Waals surface area contributed by atoms with E-state index in [0.29, 0.717) is 22.5 Å². The van der Waals surface area contributed by atoms with E-state index >= 15 is 0 Å². The van der Waals surface area contributed by atoms with Gasteiger partial charge in [-0.25, -0.2) is 4.98 Å². The van der Waals surface area contributed by atoms with Gasteiger partial charge < -0.3 is 10.4 Å². The summed E-state index contributed by atoms with van der Waals surface area (Å²) in [7, 11) is 0. The first-order valence-corrected chi connectivity index (χ1v) is 7.24. The zero-order chi connectivity index (χ0) is 12.3. The van der Waals surface area contributed by atoms with E-state index in [1.807, 2.05) is 0 Å². The Hall–Kier alpha value is -0.590. The maximum atomic E-state index is 11.8. The molecule has 0 saturated carbocycles. The number of aromatic nitrogens is 1. The number of aliphatic hydroxyl groups is 1. The molecule has 92 valence electrons. The van der Waals surface area contributed by atoms with Crippen LogP contribution < -0.4 is 5.32 Å². The van der Waals surface area contributed by atoms with Gasteiger partial charge in [0.1, 0.15) is 4.60 Å². The highest BCUT2D eigenvalue weighted by Crippen LogP contribution is 2.27. The molecule has 0 bridgehead atoms. The summed E-state index contributed by atoms with van der Waals surface area (Å²) < 4.78 is 0.625. The molecule has 1 aliphatic heterocycles. The van der Waals surface area contributed by atoms with Crippen molar-refractivity contribution in [1.82, 2.24) is 10.3 Å². The Bertz CT molecular complexity index is 422. The van der Waals surface area contributed by atoms with E-state index in [0.717, 1.165) is 12.2 Å². The Kier molecular flexibility index (Phi) is 4.06. The van der Waals surface area contributed by atoms with Crippen molar-refractivity contribution >= 4 is 33.6 Å². The molecular formula is C11H13BrN2O2S. The molecule has 2 heterocycles. The van der Waals surface area contributed by atoms with Gasteiger partial charge in [-0.3, -0.25) is 4.79 Å². The van der Waals surface area contributed by atoms with Gasteiger partial charge in [-0.15, -0.1) is 0 Å². The highest BCUT2D eigenvalue weighted by molar-refractivity contribution is 9.10. The third-order valence-corrected chi connectivity index (χ3v) is 4.32. The Labute approximate surface area is 112 Å². The maximum absolute atomic E-state index is 11.8. The molecule has 1 atom stereocenters. The minimum atomic E-state index is -0.745. The molecule has 2 N–H and O–H groups in total. The third-order valence-electron chi connectivity index (χ3n) is 2.65. The van der Waals surface area contributed by atoms with Gasteiger partial charge in [-0.1, -0.05) is 0 Å². The number of thioether (sulfide) groups is 1. The van der Waals surface area contributed by atoms with Gasteiger partial charge in [0.15, 0.2) is 0 Å². The van der Waals surface area contributed by atoms with Crippen molar-refractivity contribution in [2.24, 2.45) is 0 Å². The van der Waals surface area contributed by atoms with Crippen molar-refractivity contribution in [3.8, 4) is 0 Å². The standard InChI is InChI=1S/C11H13BrN2O2S/c12-9-5-8(1-3-13-9)10(15)14-6-11(16)2-4-17-7-11/h1,3,5,16H,2,4,6-7H2,(H,14,15). The zero-order valence-corrected chi connectivity index (χ0v) is 11.6. The van der Waals surface area contributed by atoms with Gasteiger partial charge in [-0.2, -0.15) is 11.8 Å². The number of pyridine rings is 1. The van der Waals surface area contributed by atoms with Crippen LogP contribution in [-0.4, -0.2) is 39.6 Å². The smallest absolute Gasteiger partial charge is 0.251 e. The van der Waals surface area contributed by atoms with Crippen LogP contribution >= 0.6 is 27.7 Å². The summed E-state index contributed by atoms with van der Waals surface area (Å²) in [5.74, 6) is 1.46. The molecule has 1 aliphatic rings. The van der Waals surface area contributed by atoms with E-state index in [-0.39, 0.29) is 5.91 Å². The SMILES string of the molecule is O=C(NCC1(O)CCSC1)c1ccnc(Br)c1. The van der Waals surface area contributed by atoms with Crippen LogP contribution in [0.3, 0.4) is 0 Å². The van der Waals surface area contributed by atoms with Gasteiger partial charge in [0, 0.05) is 24.1 Å². The predicted molar refractivity (Wildman–Crippen MR) is 71.2 cm³/mol. The fraction of sp³-hybridized carbons (Fsp3) is 0.455. The van der Waals surface area contributed by atoms with Crippen LogP contribution in [0.1, 0.15) is 16.8 Å². The maximum Gasteiger partial charge on any atom is 0.251 e. The number of halogens is 1. The first-order valence-electron chi connectivity index (χ1n) is 5.29. The van der Waals surface area contributed by atoms with Crippen molar-refractivity contribution in [2.75, 3.05) is 18.1 Å². The lowest BCUT2D eigenvalue weighted by Gasteiger charge is -2.21. The normalized spacial score (nSPS) is 23.6. The van der Waals surface area contributed by atoms with Crippen LogP contribution in [0.2, 0.25) is 0 Å². The molecule has 1 aromatic heterocycles. The Morgan fingerprint density at radius 2 is 2.53 bits per heavy atom. The Balaban J connectivity index is 1.93. The van der Waals surface area contributed by atoms with Crippen molar-refractivity contribution in [3.63, 3.8) is 0 Å².